The molecule has 0 radical (unpaired) electrons. The number of hydrogen-bond donors (Lipinski definition) is 6. The van der Waals surface area contributed by atoms with Crippen molar-refractivity contribution in [3.8, 4) is 45.6 Å². The van der Waals surface area contributed by atoms with Crippen LogP contribution < -0.4 is 0 Å². The van der Waals surface area contributed by atoms with Gasteiger partial charge in [0.25, 0.3) is 0 Å². The normalized spacial score (nSPS) is 11.4. The molecule has 0 aliphatic heterocycles. The summed E-state index contributed by atoms with van der Waals surface area (Å²) in [6.45, 7) is 7.51. The van der Waals surface area contributed by atoms with Gasteiger partial charge >= 0.3 is 0 Å². The molecule has 0 amide bonds. The van der Waals surface area contributed by atoms with Crippen LogP contribution in [-0.4, -0.2) is 43.2 Å². The molecule has 0 spiro atoms. The number of benzene rings is 4. The Bertz CT molecular complexity index is 1560. The number of phenolic OH excluding ortho intramolecular Hbond substituents is 6. The standard InChI is InChI=1S/C32H34O8/c1-5-9-17-19-11-15(7-3)23(31(39)25(19)21(13-33)29(37)27(17)35)24-16(8-4)12-20-18(10-6-2)28(36)30(38)22(14-34)26(20)32(24)40/h11-14,35-40H,5-10H2,1-4H3. The molecular formula is C32H34O8. The van der Waals surface area contributed by atoms with Crippen molar-refractivity contribution in [1.82, 2.24) is 0 Å². The number of phenols is 6. The van der Waals surface area contributed by atoms with Crippen LogP contribution >= 0.6 is 0 Å². The summed E-state index contributed by atoms with van der Waals surface area (Å²) in [4.78, 5) is 24.2. The molecule has 40 heavy (non-hydrogen) atoms. The predicted octanol–water partition coefficient (Wildman–Crippen LogP) is 6.55. The van der Waals surface area contributed by atoms with Crippen molar-refractivity contribution in [2.24, 2.45) is 0 Å². The third kappa shape index (κ3) is 4.06. The van der Waals surface area contributed by atoms with Gasteiger partial charge < -0.3 is 30.6 Å². The van der Waals surface area contributed by atoms with Crippen LogP contribution in [0.4, 0.5) is 0 Å². The van der Waals surface area contributed by atoms with Crippen molar-refractivity contribution >= 4 is 34.1 Å². The largest absolute Gasteiger partial charge is 0.507 e. The predicted molar refractivity (Wildman–Crippen MR) is 154 cm³/mol. The van der Waals surface area contributed by atoms with Crippen LogP contribution in [0.25, 0.3) is 32.7 Å². The maximum atomic E-state index is 12.1. The van der Waals surface area contributed by atoms with E-state index in [1.54, 1.807) is 12.1 Å². The summed E-state index contributed by atoms with van der Waals surface area (Å²) in [5, 5.41) is 67.3. The number of hydrogen-bond acceptors (Lipinski definition) is 8. The highest BCUT2D eigenvalue weighted by Gasteiger charge is 2.29. The average molecular weight is 547 g/mol. The molecule has 4 aromatic rings. The molecule has 0 saturated heterocycles. The molecular weight excluding hydrogens is 512 g/mol. The summed E-state index contributed by atoms with van der Waals surface area (Å²) >= 11 is 0. The molecule has 8 nitrogen and oxygen atoms in total. The first-order valence-electron chi connectivity index (χ1n) is 13.5. The highest BCUT2D eigenvalue weighted by Crippen LogP contribution is 2.53. The van der Waals surface area contributed by atoms with Gasteiger partial charge in [0.2, 0.25) is 0 Å². The second-order valence-electron chi connectivity index (χ2n) is 9.99. The summed E-state index contributed by atoms with van der Waals surface area (Å²) in [6, 6.07) is 3.48. The van der Waals surface area contributed by atoms with Gasteiger partial charge in [-0.3, -0.25) is 9.59 Å². The molecule has 0 saturated carbocycles. The van der Waals surface area contributed by atoms with E-state index < -0.39 is 23.0 Å². The highest BCUT2D eigenvalue weighted by atomic mass is 16.3. The molecule has 6 N–H and O–H groups in total. The van der Waals surface area contributed by atoms with Gasteiger partial charge in [0.1, 0.15) is 11.5 Å². The zero-order valence-corrected chi connectivity index (χ0v) is 23.1. The number of carbonyl (C=O) groups excluding carboxylic acids is 2. The van der Waals surface area contributed by atoms with Crippen LogP contribution in [0.2, 0.25) is 0 Å². The van der Waals surface area contributed by atoms with Gasteiger partial charge in [0.05, 0.1) is 11.1 Å². The molecule has 0 fully saturated rings. The zero-order chi connectivity index (χ0) is 29.5. The summed E-state index contributed by atoms with van der Waals surface area (Å²) in [7, 11) is 0. The molecule has 0 aromatic heterocycles. The minimum absolute atomic E-state index is 0.0401. The van der Waals surface area contributed by atoms with Crippen molar-refractivity contribution in [2.45, 2.75) is 66.2 Å². The Kier molecular flexibility index (Phi) is 7.82. The Labute approximate surface area is 231 Å². The van der Waals surface area contributed by atoms with Gasteiger partial charge in [0.15, 0.2) is 35.6 Å². The van der Waals surface area contributed by atoms with Gasteiger partial charge in [-0.2, -0.15) is 0 Å². The first-order valence-corrected chi connectivity index (χ1v) is 13.5. The zero-order valence-electron chi connectivity index (χ0n) is 23.1. The molecule has 0 aliphatic carbocycles. The fourth-order valence-corrected chi connectivity index (χ4v) is 5.85. The quantitative estimate of drug-likeness (QED) is 0.102. The molecule has 0 atom stereocenters. The van der Waals surface area contributed by atoms with E-state index in [0.717, 1.165) is 0 Å². The smallest absolute Gasteiger partial charge is 0.169 e. The van der Waals surface area contributed by atoms with Crippen molar-refractivity contribution in [3.05, 3.63) is 45.5 Å². The first kappa shape index (κ1) is 28.5. The van der Waals surface area contributed by atoms with E-state index in [1.165, 1.54) is 0 Å². The maximum absolute atomic E-state index is 12.1. The van der Waals surface area contributed by atoms with Crippen LogP contribution in [0.15, 0.2) is 12.1 Å². The monoisotopic (exact) mass is 546 g/mol. The Morgan fingerprint density at radius 1 is 0.550 bits per heavy atom. The number of rotatable bonds is 9. The lowest BCUT2D eigenvalue weighted by Crippen LogP contribution is -2.02. The Morgan fingerprint density at radius 3 is 1.18 bits per heavy atom. The third-order valence-corrected chi connectivity index (χ3v) is 7.73. The van der Waals surface area contributed by atoms with Gasteiger partial charge in [-0.1, -0.05) is 40.5 Å². The molecule has 8 heteroatoms. The molecule has 4 aromatic carbocycles. The minimum Gasteiger partial charge on any atom is -0.507 e. The molecule has 4 rings (SSSR count). The van der Waals surface area contributed by atoms with E-state index in [-0.39, 0.29) is 44.5 Å². The third-order valence-electron chi connectivity index (χ3n) is 7.73. The van der Waals surface area contributed by atoms with Crippen molar-refractivity contribution in [2.75, 3.05) is 0 Å². The fraction of sp³-hybridized carbons (Fsp3) is 0.312. The summed E-state index contributed by atoms with van der Waals surface area (Å²) in [5.74, 6) is -2.83. The topological polar surface area (TPSA) is 156 Å². The van der Waals surface area contributed by atoms with E-state index in [4.69, 9.17) is 0 Å². The van der Waals surface area contributed by atoms with Gasteiger partial charge in [-0.05, 0) is 59.7 Å². The minimum atomic E-state index is -0.636. The summed E-state index contributed by atoms with van der Waals surface area (Å²) in [5.41, 5.74) is 1.83. The van der Waals surface area contributed by atoms with Crippen LogP contribution in [-0.2, 0) is 25.7 Å². The number of carbonyl (C=O) groups is 2. The van der Waals surface area contributed by atoms with Crippen LogP contribution in [0.3, 0.4) is 0 Å². The van der Waals surface area contributed by atoms with E-state index in [1.807, 2.05) is 27.7 Å². The molecule has 0 bridgehead atoms. The second-order valence-corrected chi connectivity index (χ2v) is 9.99. The fourth-order valence-electron chi connectivity index (χ4n) is 5.85. The van der Waals surface area contributed by atoms with Crippen LogP contribution in [0.1, 0.15) is 83.5 Å². The lowest BCUT2D eigenvalue weighted by atomic mass is 9.83. The van der Waals surface area contributed by atoms with E-state index in [9.17, 15) is 40.2 Å². The van der Waals surface area contributed by atoms with Crippen LogP contribution in [0, 0.1) is 0 Å². The Morgan fingerprint density at radius 2 is 0.900 bits per heavy atom. The molecule has 0 heterocycles. The molecule has 0 aliphatic rings. The second kappa shape index (κ2) is 11.0. The SMILES string of the molecule is CCCc1c(O)c(O)c(C=O)c2c(O)c(-c3c(CC)cc4c(CCC)c(O)c(O)c(C=O)c4c3O)c(CC)cc12. The lowest BCUT2D eigenvalue weighted by Gasteiger charge is -2.23. The Hall–Kier alpha value is -4.46. The van der Waals surface area contributed by atoms with Crippen molar-refractivity contribution in [1.29, 1.82) is 0 Å². The number of fused-ring (bicyclic) bond motifs is 2. The number of aromatic hydroxyl groups is 6. The first-order chi connectivity index (χ1) is 19.1. The molecule has 210 valence electrons. The lowest BCUT2D eigenvalue weighted by molar-refractivity contribution is 0.111. The van der Waals surface area contributed by atoms with E-state index in [2.05, 4.69) is 0 Å². The molecule has 0 unspecified atom stereocenters. The van der Waals surface area contributed by atoms with Crippen molar-refractivity contribution < 1.29 is 40.2 Å². The van der Waals surface area contributed by atoms with Gasteiger partial charge in [-0.15, -0.1) is 0 Å². The Balaban J connectivity index is 2.29. The van der Waals surface area contributed by atoms with E-state index >= 15 is 0 Å². The van der Waals surface area contributed by atoms with Crippen molar-refractivity contribution in [3.63, 3.8) is 0 Å². The highest BCUT2D eigenvalue weighted by molar-refractivity contribution is 6.14. The van der Waals surface area contributed by atoms with E-state index in [0.29, 0.717) is 84.1 Å². The summed E-state index contributed by atoms with van der Waals surface area (Å²) < 4.78 is 0. The van der Waals surface area contributed by atoms with Gasteiger partial charge in [-0.25, -0.2) is 0 Å². The number of aryl methyl sites for hydroxylation is 4. The number of aldehydes is 2. The van der Waals surface area contributed by atoms with Gasteiger partial charge in [0, 0.05) is 33.0 Å². The average Bonchev–Trinajstić information content (AvgIpc) is 2.95. The maximum Gasteiger partial charge on any atom is 0.169 e. The summed E-state index contributed by atoms with van der Waals surface area (Å²) in [6.07, 6.45) is 3.54. The van der Waals surface area contributed by atoms with Crippen LogP contribution in [0.5, 0.6) is 34.5 Å².